The molecule has 0 spiro atoms. The first kappa shape index (κ1) is 19.4. The molecule has 27 heavy (non-hydrogen) atoms. The molecule has 1 saturated carbocycles. The molecule has 1 aliphatic heterocycles. The molecule has 0 radical (unpaired) electrons. The highest BCUT2D eigenvalue weighted by atomic mass is 16.5. The summed E-state index contributed by atoms with van der Waals surface area (Å²) in [5.74, 6) is -1.29. The van der Waals surface area contributed by atoms with Gasteiger partial charge in [-0.1, -0.05) is 31.9 Å². The van der Waals surface area contributed by atoms with Crippen molar-refractivity contribution in [2.24, 2.45) is 5.92 Å². The number of hydrogen-bond acceptors (Lipinski definition) is 4. The van der Waals surface area contributed by atoms with Crippen molar-refractivity contribution in [3.63, 3.8) is 0 Å². The summed E-state index contributed by atoms with van der Waals surface area (Å²) in [4.78, 5) is 38.8. The van der Waals surface area contributed by atoms with E-state index in [2.05, 4.69) is 12.2 Å². The first-order chi connectivity index (χ1) is 13.0. The lowest BCUT2D eigenvalue weighted by molar-refractivity contribution is -0.157. The molecule has 0 bridgehead atoms. The van der Waals surface area contributed by atoms with E-state index in [1.165, 1.54) is 5.56 Å². The second-order valence-corrected chi connectivity index (χ2v) is 7.50. The number of amides is 2. The number of hydrogen-bond donors (Lipinski definition) is 1. The number of likely N-dealkylation sites (tertiary alicyclic amines) is 1. The monoisotopic (exact) mass is 372 g/mol. The molecule has 146 valence electrons. The topological polar surface area (TPSA) is 75.7 Å². The van der Waals surface area contributed by atoms with Crippen LogP contribution in [0.3, 0.4) is 0 Å². The summed E-state index contributed by atoms with van der Waals surface area (Å²) >= 11 is 0. The van der Waals surface area contributed by atoms with Crippen molar-refractivity contribution in [2.45, 2.75) is 64.5 Å². The molecule has 6 heteroatoms. The van der Waals surface area contributed by atoms with Crippen LogP contribution in [-0.4, -0.2) is 41.4 Å². The number of ether oxygens (including phenoxy) is 1. The Kier molecular flexibility index (Phi) is 6.14. The Labute approximate surface area is 160 Å². The van der Waals surface area contributed by atoms with Gasteiger partial charge in [0.25, 0.3) is 5.91 Å². The maximum atomic E-state index is 12.4. The summed E-state index contributed by atoms with van der Waals surface area (Å²) < 4.78 is 5.34. The maximum Gasteiger partial charge on any atom is 0.312 e. The number of esters is 1. The summed E-state index contributed by atoms with van der Waals surface area (Å²) in [5, 5.41) is 2.76. The van der Waals surface area contributed by atoms with Crippen molar-refractivity contribution in [3.8, 4) is 0 Å². The third-order valence-corrected chi connectivity index (χ3v) is 5.55. The molecule has 2 atom stereocenters. The average Bonchev–Trinajstić information content (AvgIpc) is 3.31. The second kappa shape index (κ2) is 8.55. The van der Waals surface area contributed by atoms with Crippen LogP contribution in [0.15, 0.2) is 24.3 Å². The van der Waals surface area contributed by atoms with Gasteiger partial charge in [0, 0.05) is 24.7 Å². The van der Waals surface area contributed by atoms with Crippen molar-refractivity contribution in [3.05, 3.63) is 29.8 Å². The molecule has 1 aromatic carbocycles. The lowest BCUT2D eigenvalue weighted by atomic mass is 10.1. The van der Waals surface area contributed by atoms with E-state index >= 15 is 0 Å². The molecule has 3 rings (SSSR count). The largest absolute Gasteiger partial charge is 0.452 e. The van der Waals surface area contributed by atoms with Gasteiger partial charge in [0.15, 0.2) is 6.10 Å². The summed E-state index contributed by atoms with van der Waals surface area (Å²) in [5.41, 5.74) is 1.86. The minimum absolute atomic E-state index is 0.0250. The van der Waals surface area contributed by atoms with Gasteiger partial charge in [-0.05, 0) is 43.9 Å². The van der Waals surface area contributed by atoms with E-state index < -0.39 is 18.0 Å². The molecule has 1 N–H and O–H groups in total. The molecular formula is C21H28N2O4. The summed E-state index contributed by atoms with van der Waals surface area (Å²) in [6.45, 7) is 4.03. The van der Waals surface area contributed by atoms with Gasteiger partial charge in [-0.3, -0.25) is 14.4 Å². The van der Waals surface area contributed by atoms with Gasteiger partial charge in [0.2, 0.25) is 5.91 Å². The average molecular weight is 372 g/mol. The van der Waals surface area contributed by atoms with Crippen molar-refractivity contribution in [2.75, 3.05) is 11.9 Å². The van der Waals surface area contributed by atoms with Gasteiger partial charge >= 0.3 is 5.97 Å². The van der Waals surface area contributed by atoms with E-state index in [1.54, 1.807) is 6.92 Å². The van der Waals surface area contributed by atoms with Crippen molar-refractivity contribution < 1.29 is 19.1 Å². The summed E-state index contributed by atoms with van der Waals surface area (Å²) in [6.07, 6.45) is 4.52. The summed E-state index contributed by atoms with van der Waals surface area (Å²) in [6, 6.07) is 7.84. The standard InChI is InChI=1S/C21H28N2O4/c1-3-15-8-10-17(11-9-15)22-20(25)14(2)27-21(26)16-12-19(24)23(13-16)18-6-4-5-7-18/h8-11,14,16,18H,3-7,12-13H2,1-2H3,(H,22,25)/t14-,16-/m0/s1. The number of nitrogens with one attached hydrogen (secondary N) is 1. The van der Waals surface area contributed by atoms with Gasteiger partial charge < -0.3 is 15.0 Å². The van der Waals surface area contributed by atoms with Gasteiger partial charge in [-0.15, -0.1) is 0 Å². The molecule has 1 aromatic rings. The lowest BCUT2D eigenvalue weighted by Crippen LogP contribution is -2.36. The zero-order valence-corrected chi connectivity index (χ0v) is 16.1. The van der Waals surface area contributed by atoms with E-state index in [1.807, 2.05) is 29.2 Å². The summed E-state index contributed by atoms with van der Waals surface area (Å²) in [7, 11) is 0. The third kappa shape index (κ3) is 4.67. The Morgan fingerprint density at radius 3 is 2.52 bits per heavy atom. The normalized spacial score (nSPS) is 21.3. The predicted octanol–water partition coefficient (Wildman–Crippen LogP) is 2.91. The lowest BCUT2D eigenvalue weighted by Gasteiger charge is -2.24. The molecule has 1 aliphatic carbocycles. The fourth-order valence-corrected chi connectivity index (χ4v) is 3.85. The van der Waals surface area contributed by atoms with Crippen LogP contribution in [0.2, 0.25) is 0 Å². The number of nitrogens with zero attached hydrogens (tertiary/aromatic N) is 1. The van der Waals surface area contributed by atoms with Gasteiger partial charge in [0.05, 0.1) is 5.92 Å². The minimum Gasteiger partial charge on any atom is -0.452 e. The number of aryl methyl sites for hydroxylation is 1. The zero-order valence-electron chi connectivity index (χ0n) is 16.1. The Bertz CT molecular complexity index is 695. The highest BCUT2D eigenvalue weighted by Crippen LogP contribution is 2.30. The second-order valence-electron chi connectivity index (χ2n) is 7.50. The minimum atomic E-state index is -0.904. The SMILES string of the molecule is CCc1ccc(NC(=O)[C@H](C)OC(=O)[C@H]2CC(=O)N(C3CCCC3)C2)cc1. The molecular weight excluding hydrogens is 344 g/mol. The van der Waals surface area contributed by atoms with Gasteiger partial charge in [-0.2, -0.15) is 0 Å². The van der Waals surface area contributed by atoms with Gasteiger partial charge in [0.1, 0.15) is 0 Å². The maximum absolute atomic E-state index is 12.4. The number of carbonyl (C=O) groups is 3. The van der Waals surface area contributed by atoms with E-state index in [9.17, 15) is 14.4 Å². The first-order valence-electron chi connectivity index (χ1n) is 9.87. The number of rotatable bonds is 6. The molecule has 2 aliphatic rings. The highest BCUT2D eigenvalue weighted by Gasteiger charge is 2.40. The zero-order chi connectivity index (χ0) is 19.4. The number of carbonyl (C=O) groups excluding carboxylic acids is 3. The fraction of sp³-hybridized carbons (Fsp3) is 0.571. The van der Waals surface area contributed by atoms with E-state index in [0.29, 0.717) is 12.2 Å². The Morgan fingerprint density at radius 2 is 1.89 bits per heavy atom. The van der Waals surface area contributed by atoms with Crippen LogP contribution in [0.5, 0.6) is 0 Å². The molecule has 6 nitrogen and oxygen atoms in total. The molecule has 1 heterocycles. The van der Waals surface area contributed by atoms with Crippen LogP contribution in [0, 0.1) is 5.92 Å². The van der Waals surface area contributed by atoms with Crippen LogP contribution in [0.1, 0.15) is 51.5 Å². The quantitative estimate of drug-likeness (QED) is 0.779. The van der Waals surface area contributed by atoms with Crippen molar-refractivity contribution in [1.82, 2.24) is 4.90 Å². The first-order valence-corrected chi connectivity index (χ1v) is 9.87. The fourth-order valence-electron chi connectivity index (χ4n) is 3.85. The molecule has 0 aromatic heterocycles. The predicted molar refractivity (Wildman–Crippen MR) is 102 cm³/mol. The van der Waals surface area contributed by atoms with Crippen LogP contribution >= 0.6 is 0 Å². The Hall–Kier alpha value is -2.37. The number of anilines is 1. The smallest absolute Gasteiger partial charge is 0.312 e. The molecule has 2 amide bonds. The van der Waals surface area contributed by atoms with Crippen LogP contribution < -0.4 is 5.32 Å². The molecule has 0 unspecified atom stereocenters. The van der Waals surface area contributed by atoms with E-state index in [4.69, 9.17) is 4.74 Å². The van der Waals surface area contributed by atoms with Gasteiger partial charge in [-0.25, -0.2) is 0 Å². The molecule has 1 saturated heterocycles. The Balaban J connectivity index is 1.50. The molecule has 2 fully saturated rings. The van der Waals surface area contributed by atoms with E-state index in [0.717, 1.165) is 32.1 Å². The number of benzene rings is 1. The highest BCUT2D eigenvalue weighted by molar-refractivity contribution is 5.95. The van der Waals surface area contributed by atoms with Crippen LogP contribution in [0.25, 0.3) is 0 Å². The Morgan fingerprint density at radius 1 is 1.22 bits per heavy atom. The van der Waals surface area contributed by atoms with Crippen LogP contribution in [0.4, 0.5) is 5.69 Å². The van der Waals surface area contributed by atoms with Crippen molar-refractivity contribution >= 4 is 23.5 Å². The van der Waals surface area contributed by atoms with Crippen molar-refractivity contribution in [1.29, 1.82) is 0 Å². The third-order valence-electron chi connectivity index (χ3n) is 5.55. The van der Waals surface area contributed by atoms with Crippen LogP contribution in [-0.2, 0) is 25.5 Å². The van der Waals surface area contributed by atoms with E-state index in [-0.39, 0.29) is 24.3 Å².